The van der Waals surface area contributed by atoms with E-state index in [1.807, 2.05) is 0 Å². The highest BCUT2D eigenvalue weighted by Crippen LogP contribution is 2.47. The van der Waals surface area contributed by atoms with Gasteiger partial charge in [0.1, 0.15) is 11.2 Å². The molecule has 11 aromatic rings. The van der Waals surface area contributed by atoms with Crippen molar-refractivity contribution in [3.05, 3.63) is 200 Å². The number of benzene rings is 10. The lowest BCUT2D eigenvalue weighted by atomic mass is 9.92. The molecule has 0 aliphatic carbocycles. The molecule has 2 heteroatoms. The summed E-state index contributed by atoms with van der Waals surface area (Å²) >= 11 is 0. The van der Waals surface area contributed by atoms with Crippen LogP contribution in [0.25, 0.3) is 87.3 Å². The van der Waals surface area contributed by atoms with Crippen LogP contribution in [0.1, 0.15) is 0 Å². The molecule has 0 spiro atoms. The van der Waals surface area contributed by atoms with Gasteiger partial charge in [-0.25, -0.2) is 0 Å². The Bertz CT molecular complexity index is 3210. The largest absolute Gasteiger partial charge is 0.455 e. The lowest BCUT2D eigenvalue weighted by molar-refractivity contribution is 0.670. The zero-order valence-electron chi connectivity index (χ0n) is 29.4. The molecule has 252 valence electrons. The van der Waals surface area contributed by atoms with E-state index in [0.717, 1.165) is 44.6 Å². The predicted octanol–water partition coefficient (Wildman–Crippen LogP) is 15.0. The maximum absolute atomic E-state index is 6.92. The smallest absolute Gasteiger partial charge is 0.143 e. The van der Waals surface area contributed by atoms with Crippen molar-refractivity contribution in [3.63, 3.8) is 0 Å². The molecule has 11 rings (SSSR count). The Labute approximate surface area is 312 Å². The van der Waals surface area contributed by atoms with E-state index in [1.54, 1.807) is 0 Å². The first-order valence-electron chi connectivity index (χ1n) is 18.5. The molecule has 0 atom stereocenters. The molecule has 0 aliphatic rings. The van der Waals surface area contributed by atoms with Gasteiger partial charge < -0.3 is 9.32 Å². The third-order valence-electron chi connectivity index (χ3n) is 11.0. The summed E-state index contributed by atoms with van der Waals surface area (Å²) in [5.74, 6) is 0. The minimum absolute atomic E-state index is 0.869. The zero-order valence-corrected chi connectivity index (χ0v) is 29.4. The van der Waals surface area contributed by atoms with Crippen molar-refractivity contribution in [2.24, 2.45) is 0 Å². The molecule has 1 heterocycles. The summed E-state index contributed by atoms with van der Waals surface area (Å²) < 4.78 is 6.92. The van der Waals surface area contributed by atoms with Crippen LogP contribution < -0.4 is 4.90 Å². The molecule has 0 N–H and O–H groups in total. The zero-order chi connectivity index (χ0) is 35.6. The highest BCUT2D eigenvalue weighted by atomic mass is 16.3. The molecule has 0 amide bonds. The molecule has 0 saturated heterocycles. The summed E-state index contributed by atoms with van der Waals surface area (Å²) in [6.45, 7) is 0. The van der Waals surface area contributed by atoms with E-state index in [0.29, 0.717) is 0 Å². The van der Waals surface area contributed by atoms with E-state index in [2.05, 4.69) is 205 Å². The Kier molecular flexibility index (Phi) is 6.90. The van der Waals surface area contributed by atoms with Gasteiger partial charge in [0.15, 0.2) is 0 Å². The maximum atomic E-state index is 6.92. The van der Waals surface area contributed by atoms with Gasteiger partial charge in [0.25, 0.3) is 0 Å². The Hall–Kier alpha value is -7.16. The van der Waals surface area contributed by atoms with Gasteiger partial charge in [0.2, 0.25) is 0 Å². The van der Waals surface area contributed by atoms with Crippen molar-refractivity contribution >= 4 is 82.1 Å². The predicted molar refractivity (Wildman–Crippen MR) is 229 cm³/mol. The van der Waals surface area contributed by atoms with E-state index in [4.69, 9.17) is 4.42 Å². The van der Waals surface area contributed by atoms with Crippen LogP contribution >= 0.6 is 0 Å². The summed E-state index contributed by atoms with van der Waals surface area (Å²) in [4.78, 5) is 2.41. The third kappa shape index (κ3) is 4.81. The number of nitrogens with zero attached hydrogens (tertiary/aromatic N) is 1. The molecule has 0 unspecified atom stereocenters. The minimum atomic E-state index is 0.869. The standard InChI is InChI=1S/C52H33NO/c1-2-13-34(14-3-1)35-25-27-39(28-26-35)53(49-32-38-17-5-8-20-42(38)44-22-10-11-23-45(44)49)40-29-30-50-47(33-40)48-31-37-16-6-9-21-43(37)51(52(48)54-50)46-24-12-18-36-15-4-7-19-41(36)46/h1-33H. The van der Waals surface area contributed by atoms with Gasteiger partial charge in [-0.2, -0.15) is 0 Å². The summed E-state index contributed by atoms with van der Waals surface area (Å²) in [7, 11) is 0. The van der Waals surface area contributed by atoms with Crippen LogP contribution in [-0.4, -0.2) is 0 Å². The van der Waals surface area contributed by atoms with Gasteiger partial charge in [-0.1, -0.05) is 158 Å². The van der Waals surface area contributed by atoms with Crippen molar-refractivity contribution in [1.82, 2.24) is 0 Å². The summed E-state index contributed by atoms with van der Waals surface area (Å²) in [5, 5.41) is 11.9. The summed E-state index contributed by atoms with van der Waals surface area (Å²) in [6.07, 6.45) is 0. The fourth-order valence-corrected chi connectivity index (χ4v) is 8.49. The Morgan fingerprint density at radius 2 is 0.926 bits per heavy atom. The van der Waals surface area contributed by atoms with Gasteiger partial charge in [-0.3, -0.25) is 0 Å². The molecule has 0 bridgehead atoms. The molecule has 0 aliphatic heterocycles. The van der Waals surface area contributed by atoms with Crippen molar-refractivity contribution < 1.29 is 4.42 Å². The van der Waals surface area contributed by atoms with Crippen LogP contribution in [0.5, 0.6) is 0 Å². The van der Waals surface area contributed by atoms with Gasteiger partial charge in [0, 0.05) is 33.1 Å². The van der Waals surface area contributed by atoms with Crippen molar-refractivity contribution in [3.8, 4) is 22.3 Å². The first-order valence-corrected chi connectivity index (χ1v) is 18.5. The molecular formula is C52H33NO. The van der Waals surface area contributed by atoms with Crippen LogP contribution in [0.4, 0.5) is 17.1 Å². The molecule has 1 aromatic heterocycles. The van der Waals surface area contributed by atoms with Crippen LogP contribution in [-0.2, 0) is 0 Å². The Balaban J connectivity index is 1.18. The SMILES string of the molecule is c1ccc(-c2ccc(N(c3ccc4oc5c(-c6cccc7ccccc67)c6ccccc6cc5c4c3)c3cc4ccccc4c4ccccc34)cc2)cc1. The quantitative estimate of drug-likeness (QED) is 0.168. The molecule has 54 heavy (non-hydrogen) atoms. The number of furan rings is 1. The molecule has 0 saturated carbocycles. The van der Waals surface area contributed by atoms with Crippen LogP contribution in [0.15, 0.2) is 205 Å². The fraction of sp³-hybridized carbons (Fsp3) is 0. The first kappa shape index (κ1) is 30.5. The second-order valence-corrected chi connectivity index (χ2v) is 14.1. The van der Waals surface area contributed by atoms with Gasteiger partial charge in [-0.05, 0) is 96.9 Å². The van der Waals surface area contributed by atoms with Crippen molar-refractivity contribution in [2.75, 3.05) is 4.90 Å². The van der Waals surface area contributed by atoms with E-state index in [-0.39, 0.29) is 0 Å². The van der Waals surface area contributed by atoms with Gasteiger partial charge >= 0.3 is 0 Å². The number of rotatable bonds is 5. The highest BCUT2D eigenvalue weighted by molar-refractivity contribution is 6.21. The van der Waals surface area contributed by atoms with Crippen molar-refractivity contribution in [1.29, 1.82) is 0 Å². The summed E-state index contributed by atoms with van der Waals surface area (Å²) in [5.41, 5.74) is 9.76. The third-order valence-corrected chi connectivity index (χ3v) is 11.0. The Morgan fingerprint density at radius 1 is 0.333 bits per heavy atom. The van der Waals surface area contributed by atoms with E-state index < -0.39 is 0 Å². The van der Waals surface area contributed by atoms with Crippen LogP contribution in [0, 0.1) is 0 Å². The molecule has 2 nitrogen and oxygen atoms in total. The number of hydrogen-bond acceptors (Lipinski definition) is 2. The second kappa shape index (κ2) is 12.2. The molecule has 0 fully saturated rings. The molecule has 10 aromatic carbocycles. The van der Waals surface area contributed by atoms with E-state index in [9.17, 15) is 0 Å². The number of anilines is 3. The molecular weight excluding hydrogens is 655 g/mol. The van der Waals surface area contributed by atoms with Crippen LogP contribution in [0.3, 0.4) is 0 Å². The minimum Gasteiger partial charge on any atom is -0.455 e. The van der Waals surface area contributed by atoms with E-state index >= 15 is 0 Å². The van der Waals surface area contributed by atoms with Gasteiger partial charge in [0.05, 0.1) is 5.69 Å². The monoisotopic (exact) mass is 687 g/mol. The van der Waals surface area contributed by atoms with E-state index in [1.165, 1.54) is 59.8 Å². The first-order chi connectivity index (χ1) is 26.8. The molecule has 0 radical (unpaired) electrons. The normalized spacial score (nSPS) is 11.7. The summed E-state index contributed by atoms with van der Waals surface area (Å²) in [6, 6.07) is 72.2. The average molecular weight is 688 g/mol. The Morgan fingerprint density at radius 3 is 1.72 bits per heavy atom. The number of hydrogen-bond donors (Lipinski definition) is 0. The topological polar surface area (TPSA) is 16.4 Å². The highest BCUT2D eigenvalue weighted by Gasteiger charge is 2.22. The van der Waals surface area contributed by atoms with Crippen LogP contribution in [0.2, 0.25) is 0 Å². The average Bonchev–Trinajstić information content (AvgIpc) is 3.60. The lowest BCUT2D eigenvalue weighted by Crippen LogP contribution is -2.10. The fourth-order valence-electron chi connectivity index (χ4n) is 8.49. The van der Waals surface area contributed by atoms with Gasteiger partial charge in [-0.15, -0.1) is 0 Å². The van der Waals surface area contributed by atoms with Crippen molar-refractivity contribution in [2.45, 2.75) is 0 Å². The maximum Gasteiger partial charge on any atom is 0.143 e. The lowest BCUT2D eigenvalue weighted by Gasteiger charge is -2.28. The number of fused-ring (bicyclic) bond motifs is 8. The second-order valence-electron chi connectivity index (χ2n) is 14.1.